The minimum atomic E-state index is 0.138. The Morgan fingerprint density at radius 3 is 2.76 bits per heavy atom. The molecule has 1 amide bonds. The van der Waals surface area contributed by atoms with Gasteiger partial charge in [-0.15, -0.1) is 0 Å². The zero-order valence-electron chi connectivity index (χ0n) is 13.5. The van der Waals surface area contributed by atoms with Gasteiger partial charge in [-0.1, -0.05) is 26.8 Å². The van der Waals surface area contributed by atoms with Gasteiger partial charge in [-0.3, -0.25) is 4.79 Å². The van der Waals surface area contributed by atoms with Crippen molar-refractivity contribution in [1.82, 2.24) is 4.90 Å². The Balaban J connectivity index is 2.03. The van der Waals surface area contributed by atoms with Crippen molar-refractivity contribution in [2.45, 2.75) is 40.0 Å². The highest BCUT2D eigenvalue weighted by Gasteiger charge is 2.26. The first-order chi connectivity index (χ1) is 10.1. The van der Waals surface area contributed by atoms with E-state index in [1.807, 2.05) is 29.2 Å². The quantitative estimate of drug-likeness (QED) is 0.724. The van der Waals surface area contributed by atoms with Crippen molar-refractivity contribution in [3.05, 3.63) is 29.8 Å². The SMILES string of the molecule is CCCN(CC1CC1)C(=O)c1cccc(OCC(C)C)c1. The third kappa shape index (κ3) is 5.07. The Morgan fingerprint density at radius 1 is 1.38 bits per heavy atom. The highest BCUT2D eigenvalue weighted by molar-refractivity contribution is 5.94. The number of amides is 1. The summed E-state index contributed by atoms with van der Waals surface area (Å²) in [5, 5.41) is 0. The standard InChI is InChI=1S/C18H27NO2/c1-4-10-19(12-15-8-9-15)18(20)16-6-5-7-17(11-16)21-13-14(2)3/h5-7,11,14-15H,4,8-10,12-13H2,1-3H3. The second-order valence-corrected chi connectivity index (χ2v) is 6.43. The molecule has 1 aromatic rings. The van der Waals surface area contributed by atoms with Crippen LogP contribution in [0, 0.1) is 11.8 Å². The summed E-state index contributed by atoms with van der Waals surface area (Å²) in [5.74, 6) is 2.13. The van der Waals surface area contributed by atoms with Crippen molar-refractivity contribution in [2.75, 3.05) is 19.7 Å². The maximum atomic E-state index is 12.7. The summed E-state index contributed by atoms with van der Waals surface area (Å²) in [6.07, 6.45) is 3.54. The molecule has 0 aromatic heterocycles. The van der Waals surface area contributed by atoms with Gasteiger partial charge in [0.1, 0.15) is 5.75 Å². The summed E-state index contributed by atoms with van der Waals surface area (Å²) in [5.41, 5.74) is 0.741. The summed E-state index contributed by atoms with van der Waals surface area (Å²) in [6, 6.07) is 7.59. The van der Waals surface area contributed by atoms with Gasteiger partial charge in [0.2, 0.25) is 0 Å². The van der Waals surface area contributed by atoms with E-state index in [2.05, 4.69) is 20.8 Å². The van der Waals surface area contributed by atoms with E-state index in [0.717, 1.165) is 36.7 Å². The first-order valence-corrected chi connectivity index (χ1v) is 8.12. The zero-order valence-corrected chi connectivity index (χ0v) is 13.5. The van der Waals surface area contributed by atoms with Gasteiger partial charge in [-0.05, 0) is 49.3 Å². The molecule has 1 aromatic carbocycles. The number of carbonyl (C=O) groups excluding carboxylic acids is 1. The maximum absolute atomic E-state index is 12.7. The Hall–Kier alpha value is -1.51. The molecule has 0 aliphatic heterocycles. The molecule has 3 heteroatoms. The van der Waals surface area contributed by atoms with E-state index in [0.29, 0.717) is 12.5 Å². The van der Waals surface area contributed by atoms with Crippen molar-refractivity contribution in [3.8, 4) is 5.75 Å². The molecule has 0 atom stereocenters. The van der Waals surface area contributed by atoms with Gasteiger partial charge >= 0.3 is 0 Å². The lowest BCUT2D eigenvalue weighted by Crippen LogP contribution is -2.33. The molecule has 0 heterocycles. The van der Waals surface area contributed by atoms with Crippen molar-refractivity contribution in [1.29, 1.82) is 0 Å². The van der Waals surface area contributed by atoms with Gasteiger partial charge in [0.25, 0.3) is 5.91 Å². The normalized spacial score (nSPS) is 14.3. The average Bonchev–Trinajstić information content (AvgIpc) is 3.28. The zero-order chi connectivity index (χ0) is 15.2. The summed E-state index contributed by atoms with van der Waals surface area (Å²) < 4.78 is 5.72. The smallest absolute Gasteiger partial charge is 0.253 e. The van der Waals surface area contributed by atoms with Crippen LogP contribution < -0.4 is 4.74 Å². The Kier molecular flexibility index (Phi) is 5.66. The molecule has 0 saturated heterocycles. The molecule has 21 heavy (non-hydrogen) atoms. The van der Waals surface area contributed by atoms with Crippen LogP contribution in [0.2, 0.25) is 0 Å². The number of rotatable bonds is 8. The summed E-state index contributed by atoms with van der Waals surface area (Å²) in [6.45, 7) is 8.78. The van der Waals surface area contributed by atoms with E-state index in [4.69, 9.17) is 4.74 Å². The van der Waals surface area contributed by atoms with Crippen molar-refractivity contribution in [2.24, 2.45) is 11.8 Å². The largest absolute Gasteiger partial charge is 0.493 e. The number of carbonyl (C=O) groups is 1. The predicted molar refractivity (Wildman–Crippen MR) is 85.7 cm³/mol. The van der Waals surface area contributed by atoms with Crippen molar-refractivity contribution < 1.29 is 9.53 Å². The van der Waals surface area contributed by atoms with E-state index in [1.165, 1.54) is 12.8 Å². The van der Waals surface area contributed by atoms with Crippen LogP contribution in [0.15, 0.2) is 24.3 Å². The Morgan fingerprint density at radius 2 is 2.14 bits per heavy atom. The predicted octanol–water partition coefficient (Wildman–Crippen LogP) is 3.98. The Bertz CT molecular complexity index is 466. The lowest BCUT2D eigenvalue weighted by molar-refractivity contribution is 0.0747. The van der Waals surface area contributed by atoms with E-state index in [1.54, 1.807) is 0 Å². The summed E-state index contributed by atoms with van der Waals surface area (Å²) >= 11 is 0. The molecule has 1 aliphatic carbocycles. The number of benzene rings is 1. The molecular weight excluding hydrogens is 262 g/mol. The molecule has 0 spiro atoms. The molecule has 1 fully saturated rings. The highest BCUT2D eigenvalue weighted by atomic mass is 16.5. The fourth-order valence-electron chi connectivity index (χ4n) is 2.32. The van der Waals surface area contributed by atoms with Crippen LogP contribution in [0.25, 0.3) is 0 Å². The van der Waals surface area contributed by atoms with Gasteiger partial charge in [-0.2, -0.15) is 0 Å². The molecular formula is C18H27NO2. The second-order valence-electron chi connectivity index (χ2n) is 6.43. The van der Waals surface area contributed by atoms with E-state index >= 15 is 0 Å². The lowest BCUT2D eigenvalue weighted by atomic mass is 10.1. The van der Waals surface area contributed by atoms with Crippen LogP contribution in [-0.2, 0) is 0 Å². The number of nitrogens with zero attached hydrogens (tertiary/aromatic N) is 1. The topological polar surface area (TPSA) is 29.5 Å². The first kappa shape index (κ1) is 15.9. The van der Waals surface area contributed by atoms with Crippen LogP contribution >= 0.6 is 0 Å². The molecule has 116 valence electrons. The third-order valence-electron chi connectivity index (χ3n) is 3.62. The van der Waals surface area contributed by atoms with Crippen LogP contribution in [0.4, 0.5) is 0 Å². The molecule has 1 aliphatic rings. The monoisotopic (exact) mass is 289 g/mol. The molecule has 1 saturated carbocycles. The second kappa shape index (κ2) is 7.48. The lowest BCUT2D eigenvalue weighted by Gasteiger charge is -2.22. The van der Waals surface area contributed by atoms with Crippen LogP contribution in [0.5, 0.6) is 5.75 Å². The summed E-state index contributed by atoms with van der Waals surface area (Å²) in [7, 11) is 0. The van der Waals surface area contributed by atoms with Gasteiger partial charge in [0.15, 0.2) is 0 Å². The first-order valence-electron chi connectivity index (χ1n) is 8.12. The van der Waals surface area contributed by atoms with Gasteiger partial charge in [0, 0.05) is 18.7 Å². The fraction of sp³-hybridized carbons (Fsp3) is 0.611. The van der Waals surface area contributed by atoms with Crippen LogP contribution in [0.1, 0.15) is 50.4 Å². The molecule has 0 radical (unpaired) electrons. The van der Waals surface area contributed by atoms with Crippen LogP contribution in [-0.4, -0.2) is 30.5 Å². The van der Waals surface area contributed by atoms with E-state index in [9.17, 15) is 4.79 Å². The molecule has 0 bridgehead atoms. The highest BCUT2D eigenvalue weighted by Crippen LogP contribution is 2.30. The van der Waals surface area contributed by atoms with E-state index < -0.39 is 0 Å². The summed E-state index contributed by atoms with van der Waals surface area (Å²) in [4.78, 5) is 14.7. The molecule has 2 rings (SSSR count). The van der Waals surface area contributed by atoms with Gasteiger partial charge < -0.3 is 9.64 Å². The molecule has 3 nitrogen and oxygen atoms in total. The average molecular weight is 289 g/mol. The number of hydrogen-bond acceptors (Lipinski definition) is 2. The third-order valence-corrected chi connectivity index (χ3v) is 3.62. The minimum Gasteiger partial charge on any atom is -0.493 e. The maximum Gasteiger partial charge on any atom is 0.253 e. The van der Waals surface area contributed by atoms with Crippen molar-refractivity contribution in [3.63, 3.8) is 0 Å². The van der Waals surface area contributed by atoms with Gasteiger partial charge in [-0.25, -0.2) is 0 Å². The number of ether oxygens (including phenoxy) is 1. The van der Waals surface area contributed by atoms with Crippen LogP contribution in [0.3, 0.4) is 0 Å². The Labute approximate surface area is 128 Å². The number of hydrogen-bond donors (Lipinski definition) is 0. The van der Waals surface area contributed by atoms with Gasteiger partial charge in [0.05, 0.1) is 6.61 Å². The molecule has 0 N–H and O–H groups in total. The molecule has 0 unspecified atom stereocenters. The van der Waals surface area contributed by atoms with Crippen molar-refractivity contribution >= 4 is 5.91 Å². The fourth-order valence-corrected chi connectivity index (χ4v) is 2.32. The van der Waals surface area contributed by atoms with E-state index in [-0.39, 0.29) is 5.91 Å². The minimum absolute atomic E-state index is 0.138.